The minimum Gasteiger partial charge on any atom is -0.328 e. The van der Waals surface area contributed by atoms with Crippen molar-refractivity contribution in [3.05, 3.63) is 0 Å². The van der Waals surface area contributed by atoms with Gasteiger partial charge < -0.3 is 5.73 Å². The molecule has 0 amide bonds. The van der Waals surface area contributed by atoms with Crippen molar-refractivity contribution < 1.29 is 0 Å². The number of hydrogen-bond acceptors (Lipinski definition) is 1. The van der Waals surface area contributed by atoms with Crippen molar-refractivity contribution in [1.82, 2.24) is 0 Å². The van der Waals surface area contributed by atoms with Gasteiger partial charge in [-0.05, 0) is 31.1 Å². The molecule has 0 aromatic carbocycles. The first-order chi connectivity index (χ1) is 5.36. The predicted molar refractivity (Wildman–Crippen MR) is 47.3 cm³/mol. The van der Waals surface area contributed by atoms with E-state index in [0.717, 1.165) is 11.8 Å². The summed E-state index contributed by atoms with van der Waals surface area (Å²) < 4.78 is 0. The molecule has 0 unspecified atom stereocenters. The van der Waals surface area contributed by atoms with Crippen LogP contribution in [0.1, 0.15) is 44.9 Å². The Hall–Kier alpha value is -0.0400. The lowest BCUT2D eigenvalue weighted by molar-refractivity contribution is 0.157. The SMILES string of the molecule is N[C@@H]1CC[C@@H]2CCCC[C@H]2C1. The van der Waals surface area contributed by atoms with Crippen molar-refractivity contribution in [2.45, 2.75) is 51.0 Å². The van der Waals surface area contributed by atoms with Crippen molar-refractivity contribution in [3.8, 4) is 0 Å². The molecule has 64 valence electrons. The zero-order valence-corrected chi connectivity index (χ0v) is 7.26. The van der Waals surface area contributed by atoms with Gasteiger partial charge >= 0.3 is 0 Å². The van der Waals surface area contributed by atoms with Gasteiger partial charge in [0.2, 0.25) is 0 Å². The molecule has 3 atom stereocenters. The molecule has 0 spiro atoms. The van der Waals surface area contributed by atoms with E-state index in [4.69, 9.17) is 5.73 Å². The van der Waals surface area contributed by atoms with Gasteiger partial charge in [-0.3, -0.25) is 0 Å². The van der Waals surface area contributed by atoms with E-state index in [0.29, 0.717) is 6.04 Å². The summed E-state index contributed by atoms with van der Waals surface area (Å²) in [6.45, 7) is 0. The van der Waals surface area contributed by atoms with Gasteiger partial charge in [-0.1, -0.05) is 25.7 Å². The molecule has 2 saturated carbocycles. The first-order valence-corrected chi connectivity index (χ1v) is 5.12. The number of nitrogens with two attached hydrogens (primary N) is 1. The van der Waals surface area contributed by atoms with Crippen LogP contribution in [0.3, 0.4) is 0 Å². The maximum absolute atomic E-state index is 5.94. The molecule has 0 heterocycles. The molecular formula is C10H19N. The summed E-state index contributed by atoms with van der Waals surface area (Å²) in [4.78, 5) is 0. The van der Waals surface area contributed by atoms with Crippen LogP contribution in [0.25, 0.3) is 0 Å². The maximum atomic E-state index is 5.94. The maximum Gasteiger partial charge on any atom is 0.00416 e. The molecule has 0 aromatic rings. The van der Waals surface area contributed by atoms with Gasteiger partial charge in [0.25, 0.3) is 0 Å². The molecule has 1 nitrogen and oxygen atoms in total. The fourth-order valence-electron chi connectivity index (χ4n) is 2.91. The van der Waals surface area contributed by atoms with E-state index in [1.165, 1.54) is 44.9 Å². The Balaban J connectivity index is 1.93. The second kappa shape index (κ2) is 3.14. The van der Waals surface area contributed by atoms with Crippen molar-refractivity contribution in [3.63, 3.8) is 0 Å². The molecule has 0 radical (unpaired) electrons. The van der Waals surface area contributed by atoms with Crippen molar-refractivity contribution in [2.75, 3.05) is 0 Å². The molecule has 2 aliphatic rings. The topological polar surface area (TPSA) is 26.0 Å². The van der Waals surface area contributed by atoms with Gasteiger partial charge in [-0.25, -0.2) is 0 Å². The molecule has 2 N–H and O–H groups in total. The first-order valence-electron chi connectivity index (χ1n) is 5.12. The predicted octanol–water partition coefficient (Wildman–Crippen LogP) is 2.30. The number of rotatable bonds is 0. The normalized spacial score (nSPS) is 45.0. The highest BCUT2D eigenvalue weighted by molar-refractivity contribution is 4.84. The fourth-order valence-corrected chi connectivity index (χ4v) is 2.91. The Morgan fingerprint density at radius 1 is 0.818 bits per heavy atom. The summed E-state index contributed by atoms with van der Waals surface area (Å²) in [6, 6.07) is 0.536. The van der Waals surface area contributed by atoms with Crippen LogP contribution in [0.5, 0.6) is 0 Å². The van der Waals surface area contributed by atoms with Crippen LogP contribution in [-0.2, 0) is 0 Å². The van der Waals surface area contributed by atoms with Crippen LogP contribution in [0.15, 0.2) is 0 Å². The summed E-state index contributed by atoms with van der Waals surface area (Å²) in [7, 11) is 0. The molecule has 0 aliphatic heterocycles. The Bertz CT molecular complexity index is 133. The highest BCUT2D eigenvalue weighted by Crippen LogP contribution is 2.39. The van der Waals surface area contributed by atoms with E-state index < -0.39 is 0 Å². The number of fused-ring (bicyclic) bond motifs is 1. The van der Waals surface area contributed by atoms with Crippen molar-refractivity contribution in [1.29, 1.82) is 0 Å². The lowest BCUT2D eigenvalue weighted by Crippen LogP contribution is -2.34. The van der Waals surface area contributed by atoms with Crippen molar-refractivity contribution >= 4 is 0 Å². The van der Waals surface area contributed by atoms with Crippen LogP contribution < -0.4 is 5.73 Å². The average Bonchev–Trinajstić information content (AvgIpc) is 2.04. The van der Waals surface area contributed by atoms with Crippen LogP contribution in [0, 0.1) is 11.8 Å². The van der Waals surface area contributed by atoms with Gasteiger partial charge in [0, 0.05) is 6.04 Å². The van der Waals surface area contributed by atoms with E-state index >= 15 is 0 Å². The van der Waals surface area contributed by atoms with E-state index in [1.54, 1.807) is 0 Å². The molecule has 2 rings (SSSR count). The third-order valence-electron chi connectivity index (χ3n) is 3.58. The number of hydrogen-bond donors (Lipinski definition) is 1. The van der Waals surface area contributed by atoms with Gasteiger partial charge in [0.15, 0.2) is 0 Å². The summed E-state index contributed by atoms with van der Waals surface area (Å²) in [6.07, 6.45) is 9.96. The molecule has 0 bridgehead atoms. The van der Waals surface area contributed by atoms with E-state index in [9.17, 15) is 0 Å². The minimum absolute atomic E-state index is 0.536. The minimum atomic E-state index is 0.536. The monoisotopic (exact) mass is 153 g/mol. The Labute approximate surface area is 69.4 Å². The third-order valence-corrected chi connectivity index (χ3v) is 3.58. The van der Waals surface area contributed by atoms with E-state index in [1.807, 2.05) is 0 Å². The second-order valence-corrected chi connectivity index (χ2v) is 4.38. The Kier molecular flexibility index (Phi) is 2.17. The first kappa shape index (κ1) is 7.60. The lowest BCUT2D eigenvalue weighted by Gasteiger charge is -2.38. The molecule has 11 heavy (non-hydrogen) atoms. The van der Waals surface area contributed by atoms with E-state index in [2.05, 4.69) is 0 Å². The molecule has 0 aromatic heterocycles. The molecular weight excluding hydrogens is 134 g/mol. The zero-order chi connectivity index (χ0) is 7.68. The van der Waals surface area contributed by atoms with Crippen LogP contribution in [0.4, 0.5) is 0 Å². The van der Waals surface area contributed by atoms with Crippen LogP contribution >= 0.6 is 0 Å². The van der Waals surface area contributed by atoms with Crippen molar-refractivity contribution in [2.24, 2.45) is 17.6 Å². The van der Waals surface area contributed by atoms with Gasteiger partial charge in [0.1, 0.15) is 0 Å². The summed E-state index contributed by atoms with van der Waals surface area (Å²) in [5.41, 5.74) is 5.94. The summed E-state index contributed by atoms with van der Waals surface area (Å²) in [5.74, 6) is 2.07. The molecule has 1 heteroatoms. The lowest BCUT2D eigenvalue weighted by atomic mass is 9.70. The van der Waals surface area contributed by atoms with Gasteiger partial charge in [-0.2, -0.15) is 0 Å². The highest BCUT2D eigenvalue weighted by Gasteiger charge is 2.30. The third kappa shape index (κ3) is 1.58. The average molecular weight is 153 g/mol. The summed E-state index contributed by atoms with van der Waals surface area (Å²) in [5, 5.41) is 0. The fraction of sp³-hybridized carbons (Fsp3) is 1.00. The zero-order valence-electron chi connectivity index (χ0n) is 7.26. The second-order valence-electron chi connectivity index (χ2n) is 4.38. The largest absolute Gasteiger partial charge is 0.328 e. The molecule has 2 aliphatic carbocycles. The van der Waals surface area contributed by atoms with Crippen LogP contribution in [-0.4, -0.2) is 6.04 Å². The standard InChI is InChI=1S/C10H19N/c11-10-6-5-8-3-1-2-4-9(8)7-10/h8-10H,1-7,11H2/t8-,9-,10+/m0/s1. The van der Waals surface area contributed by atoms with Gasteiger partial charge in [0.05, 0.1) is 0 Å². The molecule has 2 fully saturated rings. The molecule has 0 saturated heterocycles. The quantitative estimate of drug-likeness (QED) is 0.568. The van der Waals surface area contributed by atoms with E-state index in [-0.39, 0.29) is 0 Å². The summed E-state index contributed by atoms with van der Waals surface area (Å²) >= 11 is 0. The van der Waals surface area contributed by atoms with Crippen LogP contribution in [0.2, 0.25) is 0 Å². The smallest absolute Gasteiger partial charge is 0.00416 e. The Morgan fingerprint density at radius 2 is 1.55 bits per heavy atom. The Morgan fingerprint density at radius 3 is 2.36 bits per heavy atom. The van der Waals surface area contributed by atoms with Gasteiger partial charge in [-0.15, -0.1) is 0 Å². The highest BCUT2D eigenvalue weighted by atomic mass is 14.6.